The number of rotatable bonds is 8. The Morgan fingerprint density at radius 1 is 1.11 bits per heavy atom. The van der Waals surface area contributed by atoms with Crippen LogP contribution in [0.5, 0.6) is 0 Å². The van der Waals surface area contributed by atoms with Crippen molar-refractivity contribution in [2.75, 3.05) is 11.1 Å². The minimum Gasteiger partial charge on any atom is -0.477 e. The van der Waals surface area contributed by atoms with Crippen LogP contribution in [0.4, 0.5) is 11.4 Å². The second-order valence-corrected chi connectivity index (χ2v) is 9.71. The molecule has 0 atom stereocenters. The van der Waals surface area contributed by atoms with Crippen molar-refractivity contribution in [2.24, 2.45) is 0 Å². The maximum absolute atomic E-state index is 12.7. The third-order valence-corrected chi connectivity index (χ3v) is 7.19. The number of Topliss-reactive ketones (excluding diaryl/α,β-unsaturated/α-hetero) is 1. The SMILES string of the molecule is Cc1ccc(C(=O)CSc2nc3ccc(NC(=O)c4cccc([N+](=O)[O-])c4C(=O)O)cc3s2)cc1. The molecular weight excluding hydrogens is 490 g/mol. The average Bonchev–Trinajstić information content (AvgIpc) is 3.24. The second kappa shape index (κ2) is 10.0. The van der Waals surface area contributed by atoms with Crippen molar-refractivity contribution in [1.82, 2.24) is 4.98 Å². The van der Waals surface area contributed by atoms with Gasteiger partial charge in [-0.25, -0.2) is 9.78 Å². The Morgan fingerprint density at radius 3 is 2.54 bits per heavy atom. The van der Waals surface area contributed by atoms with E-state index < -0.39 is 28.1 Å². The number of thioether (sulfide) groups is 1. The van der Waals surface area contributed by atoms with Crippen molar-refractivity contribution in [3.05, 3.63) is 93.0 Å². The Labute approximate surface area is 207 Å². The molecule has 0 spiro atoms. The molecule has 0 aliphatic carbocycles. The lowest BCUT2D eigenvalue weighted by Crippen LogP contribution is -2.17. The molecule has 1 heterocycles. The summed E-state index contributed by atoms with van der Waals surface area (Å²) in [5.74, 6) is -2.12. The summed E-state index contributed by atoms with van der Waals surface area (Å²) in [6.07, 6.45) is 0. The van der Waals surface area contributed by atoms with Crippen LogP contribution < -0.4 is 5.32 Å². The van der Waals surface area contributed by atoms with Gasteiger partial charge in [-0.05, 0) is 31.2 Å². The largest absolute Gasteiger partial charge is 0.477 e. The zero-order valence-corrected chi connectivity index (χ0v) is 19.8. The van der Waals surface area contributed by atoms with E-state index in [0.717, 1.165) is 16.3 Å². The number of hydrogen-bond acceptors (Lipinski definition) is 8. The molecule has 0 saturated carbocycles. The van der Waals surface area contributed by atoms with E-state index in [-0.39, 0.29) is 17.1 Å². The average molecular weight is 508 g/mol. The third kappa shape index (κ3) is 5.36. The predicted molar refractivity (Wildman–Crippen MR) is 134 cm³/mol. The van der Waals surface area contributed by atoms with Crippen LogP contribution in [0.1, 0.15) is 36.6 Å². The molecule has 35 heavy (non-hydrogen) atoms. The number of nitrogens with one attached hydrogen (secondary N) is 1. The van der Waals surface area contributed by atoms with Gasteiger partial charge in [-0.3, -0.25) is 19.7 Å². The van der Waals surface area contributed by atoms with Crippen molar-refractivity contribution in [2.45, 2.75) is 11.3 Å². The van der Waals surface area contributed by atoms with E-state index in [1.807, 2.05) is 19.1 Å². The zero-order chi connectivity index (χ0) is 25.1. The standard InChI is InChI=1S/C24H17N3O6S2/c1-13-5-7-14(8-6-13)19(28)12-34-24-26-17-10-9-15(11-20(17)35-24)25-22(29)16-3-2-4-18(27(32)33)21(16)23(30)31/h2-11H,12H2,1H3,(H,25,29)(H,30,31). The van der Waals surface area contributed by atoms with Crippen LogP contribution in [-0.4, -0.2) is 38.4 Å². The van der Waals surface area contributed by atoms with Crippen molar-refractivity contribution in [3.8, 4) is 0 Å². The highest BCUT2D eigenvalue weighted by atomic mass is 32.2. The third-order valence-electron chi connectivity index (χ3n) is 5.02. The first-order valence-corrected chi connectivity index (χ1v) is 12.0. The fourth-order valence-corrected chi connectivity index (χ4v) is 5.30. The minimum absolute atomic E-state index is 0.00611. The second-order valence-electron chi connectivity index (χ2n) is 7.46. The molecule has 2 N–H and O–H groups in total. The summed E-state index contributed by atoms with van der Waals surface area (Å²) >= 11 is 2.67. The molecule has 1 amide bonds. The van der Waals surface area contributed by atoms with E-state index in [0.29, 0.717) is 21.1 Å². The van der Waals surface area contributed by atoms with E-state index in [4.69, 9.17) is 0 Å². The highest BCUT2D eigenvalue weighted by molar-refractivity contribution is 8.01. The number of hydrogen-bond donors (Lipinski definition) is 2. The van der Waals surface area contributed by atoms with Gasteiger partial charge in [0.1, 0.15) is 5.56 Å². The number of benzene rings is 3. The van der Waals surface area contributed by atoms with Crippen molar-refractivity contribution >= 4 is 62.3 Å². The molecule has 0 bridgehead atoms. The smallest absolute Gasteiger partial charge is 0.343 e. The molecule has 0 saturated heterocycles. The monoisotopic (exact) mass is 507 g/mol. The Bertz CT molecular complexity index is 1480. The number of ketones is 1. The maximum atomic E-state index is 12.7. The lowest BCUT2D eigenvalue weighted by Gasteiger charge is -2.08. The Morgan fingerprint density at radius 2 is 1.86 bits per heavy atom. The van der Waals surface area contributed by atoms with Gasteiger partial charge in [0.05, 0.1) is 26.5 Å². The van der Waals surface area contributed by atoms with Gasteiger partial charge in [-0.15, -0.1) is 11.3 Å². The number of carbonyl (C=O) groups excluding carboxylic acids is 2. The number of amides is 1. The maximum Gasteiger partial charge on any atom is 0.343 e. The normalized spacial score (nSPS) is 10.8. The highest BCUT2D eigenvalue weighted by Gasteiger charge is 2.27. The molecule has 11 heteroatoms. The van der Waals surface area contributed by atoms with Crippen LogP contribution in [0.2, 0.25) is 0 Å². The Balaban J connectivity index is 1.50. The number of thiazole rings is 1. The topological polar surface area (TPSA) is 140 Å². The number of anilines is 1. The summed E-state index contributed by atoms with van der Waals surface area (Å²) in [6, 6.07) is 15.8. The predicted octanol–water partition coefficient (Wildman–Crippen LogP) is 5.44. The first-order chi connectivity index (χ1) is 16.7. The summed E-state index contributed by atoms with van der Waals surface area (Å²) in [6.45, 7) is 1.95. The van der Waals surface area contributed by atoms with Gasteiger partial charge in [0, 0.05) is 17.3 Å². The fraction of sp³-hybridized carbons (Fsp3) is 0.0833. The number of fused-ring (bicyclic) bond motifs is 1. The van der Waals surface area contributed by atoms with E-state index in [2.05, 4.69) is 10.3 Å². The number of aromatic nitrogens is 1. The summed E-state index contributed by atoms with van der Waals surface area (Å²) in [5, 5.41) is 23.2. The van der Waals surface area contributed by atoms with Crippen molar-refractivity contribution < 1.29 is 24.4 Å². The van der Waals surface area contributed by atoms with Crippen molar-refractivity contribution in [3.63, 3.8) is 0 Å². The lowest BCUT2D eigenvalue weighted by molar-refractivity contribution is -0.385. The van der Waals surface area contributed by atoms with Crippen LogP contribution in [0.15, 0.2) is 65.0 Å². The molecule has 9 nitrogen and oxygen atoms in total. The van der Waals surface area contributed by atoms with Crippen LogP contribution in [0.25, 0.3) is 10.2 Å². The molecule has 3 aromatic carbocycles. The van der Waals surface area contributed by atoms with Crippen molar-refractivity contribution in [1.29, 1.82) is 0 Å². The van der Waals surface area contributed by atoms with Gasteiger partial charge in [0.25, 0.3) is 11.6 Å². The minimum atomic E-state index is -1.57. The van der Waals surface area contributed by atoms with E-state index >= 15 is 0 Å². The molecule has 1 aromatic heterocycles. The lowest BCUT2D eigenvalue weighted by atomic mass is 10.0. The van der Waals surface area contributed by atoms with E-state index in [9.17, 15) is 29.6 Å². The van der Waals surface area contributed by atoms with Gasteiger partial charge in [-0.1, -0.05) is 47.7 Å². The van der Waals surface area contributed by atoms with Gasteiger partial charge in [0.2, 0.25) is 0 Å². The van der Waals surface area contributed by atoms with Gasteiger partial charge in [-0.2, -0.15) is 0 Å². The number of nitro groups is 1. The van der Waals surface area contributed by atoms with Gasteiger partial charge < -0.3 is 10.4 Å². The van der Waals surface area contributed by atoms with Crippen LogP contribution in [0.3, 0.4) is 0 Å². The highest BCUT2D eigenvalue weighted by Crippen LogP contribution is 2.32. The number of aryl methyl sites for hydroxylation is 1. The van der Waals surface area contributed by atoms with Gasteiger partial charge in [0.15, 0.2) is 10.1 Å². The zero-order valence-electron chi connectivity index (χ0n) is 18.2. The number of nitro benzene ring substituents is 1. The van der Waals surface area contributed by atoms with E-state index in [1.165, 1.54) is 35.2 Å². The van der Waals surface area contributed by atoms with Crippen LogP contribution in [-0.2, 0) is 0 Å². The van der Waals surface area contributed by atoms with Crippen LogP contribution >= 0.6 is 23.1 Å². The first-order valence-electron chi connectivity index (χ1n) is 10.2. The van der Waals surface area contributed by atoms with Gasteiger partial charge >= 0.3 is 5.97 Å². The summed E-state index contributed by atoms with van der Waals surface area (Å²) < 4.78 is 1.45. The molecule has 0 aliphatic rings. The summed E-state index contributed by atoms with van der Waals surface area (Å²) in [7, 11) is 0. The number of aromatic carboxylic acids is 1. The Kier molecular flexibility index (Phi) is 6.90. The summed E-state index contributed by atoms with van der Waals surface area (Å²) in [5.41, 5.74) is 1.11. The number of carboxylic acids is 1. The molecule has 176 valence electrons. The number of nitrogens with zero attached hydrogens (tertiary/aromatic N) is 2. The quantitative estimate of drug-likeness (QED) is 0.139. The molecular formula is C24H17N3O6S2. The molecule has 0 radical (unpaired) electrons. The summed E-state index contributed by atoms with van der Waals surface area (Å²) in [4.78, 5) is 51.6. The molecule has 0 unspecified atom stereocenters. The molecule has 0 fully saturated rings. The molecule has 4 aromatic rings. The number of carbonyl (C=O) groups is 3. The fourth-order valence-electron chi connectivity index (χ4n) is 3.30. The number of carboxylic acid groups (broad SMARTS) is 1. The molecule has 4 rings (SSSR count). The van der Waals surface area contributed by atoms with Crippen LogP contribution in [0, 0.1) is 17.0 Å². The first kappa shape index (κ1) is 24.0. The Hall–Kier alpha value is -4.09. The van der Waals surface area contributed by atoms with E-state index in [1.54, 1.807) is 30.3 Å². The molecule has 0 aliphatic heterocycles.